The molecule has 2 aromatic rings. The summed E-state index contributed by atoms with van der Waals surface area (Å²) >= 11 is 0.979. The summed E-state index contributed by atoms with van der Waals surface area (Å²) in [6.45, 7) is 1.71. The number of aromatic nitrogens is 3. The van der Waals surface area contributed by atoms with Gasteiger partial charge in [0.05, 0.1) is 12.3 Å². The Morgan fingerprint density at radius 1 is 1.40 bits per heavy atom. The van der Waals surface area contributed by atoms with E-state index in [0.717, 1.165) is 30.0 Å². The van der Waals surface area contributed by atoms with Crippen LogP contribution in [0.4, 0.5) is 8.78 Å². The van der Waals surface area contributed by atoms with Crippen LogP contribution < -0.4 is 0 Å². The molecule has 1 aromatic heterocycles. The molecule has 0 saturated heterocycles. The number of nitrogens with zero attached hydrogens (tertiary/aromatic N) is 3. The fourth-order valence-electron chi connectivity index (χ4n) is 1.61. The molecule has 0 aliphatic rings. The van der Waals surface area contributed by atoms with Gasteiger partial charge in [0.2, 0.25) is 0 Å². The molecule has 0 bridgehead atoms. The van der Waals surface area contributed by atoms with Crippen LogP contribution in [-0.4, -0.2) is 31.6 Å². The quantitative estimate of drug-likeness (QED) is 0.856. The number of carboxylic acids is 1. The Bertz CT molecular complexity index is 646. The van der Waals surface area contributed by atoms with Crippen molar-refractivity contribution in [2.45, 2.75) is 18.6 Å². The van der Waals surface area contributed by atoms with Crippen molar-refractivity contribution >= 4 is 17.7 Å². The largest absolute Gasteiger partial charge is 0.481 e. The Morgan fingerprint density at radius 3 is 2.85 bits per heavy atom. The van der Waals surface area contributed by atoms with E-state index >= 15 is 0 Å². The first-order valence-corrected chi connectivity index (χ1v) is 6.64. The molecule has 1 heterocycles. The number of carboxylic acid groups (broad SMARTS) is 1. The van der Waals surface area contributed by atoms with Gasteiger partial charge in [-0.3, -0.25) is 4.79 Å². The Balaban J connectivity index is 2.26. The van der Waals surface area contributed by atoms with Crippen molar-refractivity contribution in [3.05, 3.63) is 41.2 Å². The van der Waals surface area contributed by atoms with Crippen molar-refractivity contribution in [3.8, 4) is 0 Å². The molecule has 106 valence electrons. The van der Waals surface area contributed by atoms with E-state index < -0.39 is 17.6 Å². The number of benzene rings is 1. The van der Waals surface area contributed by atoms with Gasteiger partial charge in [-0.05, 0) is 25.1 Å². The van der Waals surface area contributed by atoms with Crippen LogP contribution in [0.25, 0.3) is 0 Å². The molecule has 0 fully saturated rings. The standard InChI is InChI=1S/C12H11F2N3O2S/c1-7-15-16-12(20-6-11(18)19)17(7)5-8-4-9(13)2-3-10(8)14/h2-4H,5-6H2,1H3,(H,18,19). The lowest BCUT2D eigenvalue weighted by Crippen LogP contribution is -2.07. The monoisotopic (exact) mass is 299 g/mol. The SMILES string of the molecule is Cc1nnc(SCC(=O)O)n1Cc1cc(F)ccc1F. The number of aliphatic carboxylic acids is 1. The van der Waals surface area contributed by atoms with Crippen molar-refractivity contribution in [2.24, 2.45) is 0 Å². The third-order valence-electron chi connectivity index (χ3n) is 2.56. The topological polar surface area (TPSA) is 68.0 Å². The maximum atomic E-state index is 13.6. The Kier molecular flexibility index (Phi) is 4.33. The second-order valence-electron chi connectivity index (χ2n) is 4.03. The molecule has 0 spiro atoms. The van der Waals surface area contributed by atoms with Gasteiger partial charge in [-0.15, -0.1) is 10.2 Å². The van der Waals surface area contributed by atoms with Gasteiger partial charge < -0.3 is 9.67 Å². The molecule has 0 radical (unpaired) electrons. The van der Waals surface area contributed by atoms with E-state index in [2.05, 4.69) is 10.2 Å². The summed E-state index contributed by atoms with van der Waals surface area (Å²) in [6, 6.07) is 3.19. The molecule has 0 unspecified atom stereocenters. The molecule has 0 atom stereocenters. The molecule has 5 nitrogen and oxygen atoms in total. The molecular formula is C12H11F2N3O2S. The Morgan fingerprint density at radius 2 is 2.15 bits per heavy atom. The normalized spacial score (nSPS) is 10.8. The molecule has 0 aliphatic heterocycles. The first-order valence-electron chi connectivity index (χ1n) is 5.65. The minimum absolute atomic E-state index is 0.0460. The lowest BCUT2D eigenvalue weighted by Gasteiger charge is -2.08. The Hall–Kier alpha value is -1.96. The van der Waals surface area contributed by atoms with Gasteiger partial charge >= 0.3 is 5.97 Å². The second kappa shape index (κ2) is 6.00. The van der Waals surface area contributed by atoms with Crippen molar-refractivity contribution in [2.75, 3.05) is 5.75 Å². The lowest BCUT2D eigenvalue weighted by atomic mass is 10.2. The number of rotatable bonds is 5. The van der Waals surface area contributed by atoms with Crippen LogP contribution in [0.3, 0.4) is 0 Å². The molecule has 1 N–H and O–H groups in total. The third-order valence-corrected chi connectivity index (χ3v) is 3.51. The third kappa shape index (κ3) is 3.32. The van der Waals surface area contributed by atoms with E-state index in [1.165, 1.54) is 0 Å². The van der Waals surface area contributed by atoms with Gasteiger partial charge in [-0.2, -0.15) is 0 Å². The summed E-state index contributed by atoms with van der Waals surface area (Å²) in [4.78, 5) is 10.6. The van der Waals surface area contributed by atoms with Crippen LogP contribution in [0, 0.1) is 18.6 Å². The van der Waals surface area contributed by atoms with Gasteiger partial charge in [-0.25, -0.2) is 8.78 Å². The van der Waals surface area contributed by atoms with Crippen LogP contribution in [0.15, 0.2) is 23.4 Å². The number of aryl methyl sites for hydroxylation is 1. The van der Waals surface area contributed by atoms with Crippen LogP contribution >= 0.6 is 11.8 Å². The van der Waals surface area contributed by atoms with Crippen molar-refractivity contribution in [1.29, 1.82) is 0 Å². The average molecular weight is 299 g/mol. The molecule has 20 heavy (non-hydrogen) atoms. The summed E-state index contributed by atoms with van der Waals surface area (Å²) in [6.07, 6.45) is 0. The second-order valence-corrected chi connectivity index (χ2v) is 4.98. The molecule has 2 rings (SSSR count). The van der Waals surface area contributed by atoms with E-state index in [9.17, 15) is 13.6 Å². The number of carbonyl (C=O) groups is 1. The average Bonchev–Trinajstić information content (AvgIpc) is 2.73. The molecular weight excluding hydrogens is 288 g/mol. The maximum absolute atomic E-state index is 13.6. The lowest BCUT2D eigenvalue weighted by molar-refractivity contribution is -0.133. The predicted molar refractivity (Wildman–Crippen MR) is 68.6 cm³/mol. The summed E-state index contributed by atoms with van der Waals surface area (Å²) in [5.74, 6) is -1.73. The van der Waals surface area contributed by atoms with Gasteiger partial charge in [0.15, 0.2) is 5.16 Å². The Labute approximate surface area is 117 Å². The number of hydrogen-bond donors (Lipinski definition) is 1. The fraction of sp³-hybridized carbons (Fsp3) is 0.250. The zero-order valence-electron chi connectivity index (χ0n) is 10.5. The highest BCUT2D eigenvalue weighted by Crippen LogP contribution is 2.19. The summed E-state index contributed by atoms with van der Waals surface area (Å²) < 4.78 is 28.3. The number of halogens is 2. The van der Waals surface area contributed by atoms with Crippen molar-refractivity contribution < 1.29 is 18.7 Å². The molecule has 0 amide bonds. The van der Waals surface area contributed by atoms with Crippen LogP contribution in [0.5, 0.6) is 0 Å². The van der Waals surface area contributed by atoms with Crippen molar-refractivity contribution in [3.63, 3.8) is 0 Å². The highest BCUT2D eigenvalue weighted by atomic mass is 32.2. The summed E-state index contributed by atoms with van der Waals surface area (Å²) in [5.41, 5.74) is 0.157. The van der Waals surface area contributed by atoms with E-state index in [0.29, 0.717) is 11.0 Å². The molecule has 0 saturated carbocycles. The van der Waals surface area contributed by atoms with Gasteiger partial charge in [0.25, 0.3) is 0 Å². The summed E-state index contributed by atoms with van der Waals surface area (Å²) in [7, 11) is 0. The first kappa shape index (κ1) is 14.4. The maximum Gasteiger partial charge on any atom is 0.313 e. The van der Waals surface area contributed by atoms with Crippen molar-refractivity contribution in [1.82, 2.24) is 14.8 Å². The first-order chi connectivity index (χ1) is 9.47. The minimum atomic E-state index is -0.987. The van der Waals surface area contributed by atoms with Crippen LogP contribution in [0.2, 0.25) is 0 Å². The van der Waals surface area contributed by atoms with Crippen LogP contribution in [-0.2, 0) is 11.3 Å². The van der Waals surface area contributed by atoms with E-state index in [1.807, 2.05) is 0 Å². The van der Waals surface area contributed by atoms with Gasteiger partial charge in [0, 0.05) is 5.56 Å². The molecule has 0 aliphatic carbocycles. The fourth-order valence-corrected chi connectivity index (χ4v) is 2.32. The van der Waals surface area contributed by atoms with Gasteiger partial charge in [0.1, 0.15) is 17.5 Å². The number of thioether (sulfide) groups is 1. The predicted octanol–water partition coefficient (Wildman–Crippen LogP) is 2.09. The van der Waals surface area contributed by atoms with Crippen LogP contribution in [0.1, 0.15) is 11.4 Å². The van der Waals surface area contributed by atoms with E-state index in [1.54, 1.807) is 11.5 Å². The van der Waals surface area contributed by atoms with E-state index in [-0.39, 0.29) is 17.9 Å². The highest BCUT2D eigenvalue weighted by Gasteiger charge is 2.13. The van der Waals surface area contributed by atoms with Gasteiger partial charge in [-0.1, -0.05) is 11.8 Å². The zero-order chi connectivity index (χ0) is 14.7. The zero-order valence-corrected chi connectivity index (χ0v) is 11.3. The molecule has 8 heteroatoms. The summed E-state index contributed by atoms with van der Waals surface area (Å²) in [5, 5.41) is 16.7. The van der Waals surface area contributed by atoms with E-state index in [4.69, 9.17) is 5.11 Å². The smallest absolute Gasteiger partial charge is 0.313 e. The highest BCUT2D eigenvalue weighted by molar-refractivity contribution is 7.99. The molecule has 1 aromatic carbocycles. The number of hydrogen-bond acceptors (Lipinski definition) is 4. The minimum Gasteiger partial charge on any atom is -0.481 e.